The number of aryl methyl sites for hydroxylation is 1. The molecule has 0 amide bonds. The van der Waals surface area contributed by atoms with Crippen molar-refractivity contribution < 1.29 is 19.0 Å². The predicted octanol–water partition coefficient (Wildman–Crippen LogP) is 3.51. The molecule has 0 unspecified atom stereocenters. The number of carboxylic acid groups (broad SMARTS) is 1. The lowest BCUT2D eigenvalue weighted by molar-refractivity contribution is 0.0697. The Labute approximate surface area is 110 Å². The Kier molecular flexibility index (Phi) is 3.51. The monoisotopic (exact) mass is 260 g/mol. The quantitative estimate of drug-likeness (QED) is 0.918. The van der Waals surface area contributed by atoms with E-state index in [2.05, 4.69) is 0 Å². The molecule has 0 aromatic heterocycles. The summed E-state index contributed by atoms with van der Waals surface area (Å²) in [6, 6.07) is 9.53. The van der Waals surface area contributed by atoms with E-state index in [1.165, 1.54) is 19.2 Å². The molecule has 0 fully saturated rings. The lowest BCUT2D eigenvalue weighted by Gasteiger charge is -2.10. The first-order valence-corrected chi connectivity index (χ1v) is 5.71. The van der Waals surface area contributed by atoms with Gasteiger partial charge in [0.2, 0.25) is 0 Å². The van der Waals surface area contributed by atoms with Gasteiger partial charge >= 0.3 is 5.97 Å². The molecule has 0 aliphatic heterocycles. The maximum Gasteiger partial charge on any atom is 0.336 e. The van der Waals surface area contributed by atoms with Crippen LogP contribution >= 0.6 is 0 Å². The van der Waals surface area contributed by atoms with Gasteiger partial charge < -0.3 is 9.84 Å². The van der Waals surface area contributed by atoms with Gasteiger partial charge in [0.05, 0.1) is 12.7 Å². The smallest absolute Gasteiger partial charge is 0.336 e. The lowest BCUT2D eigenvalue weighted by atomic mass is 9.96. The predicted molar refractivity (Wildman–Crippen MR) is 70.1 cm³/mol. The first-order valence-electron chi connectivity index (χ1n) is 5.71. The van der Waals surface area contributed by atoms with Crippen molar-refractivity contribution in [2.45, 2.75) is 6.92 Å². The zero-order valence-corrected chi connectivity index (χ0v) is 10.6. The molecular weight excluding hydrogens is 247 g/mol. The van der Waals surface area contributed by atoms with E-state index in [-0.39, 0.29) is 11.3 Å². The Bertz CT molecular complexity index is 635. The van der Waals surface area contributed by atoms with Crippen LogP contribution in [0.15, 0.2) is 36.4 Å². The van der Waals surface area contributed by atoms with Crippen LogP contribution in [0.1, 0.15) is 15.9 Å². The Morgan fingerprint density at radius 2 is 2.00 bits per heavy atom. The topological polar surface area (TPSA) is 46.5 Å². The summed E-state index contributed by atoms with van der Waals surface area (Å²) in [4.78, 5) is 11.3. The Morgan fingerprint density at radius 1 is 1.26 bits per heavy atom. The SMILES string of the molecule is COc1ccc(-c2cccc(C)c2C(=O)O)cc1F. The number of hydrogen-bond acceptors (Lipinski definition) is 2. The van der Waals surface area contributed by atoms with Crippen molar-refractivity contribution in [3.8, 4) is 16.9 Å². The molecule has 0 aliphatic carbocycles. The van der Waals surface area contributed by atoms with Crippen molar-refractivity contribution in [3.63, 3.8) is 0 Å². The molecule has 1 N–H and O–H groups in total. The van der Waals surface area contributed by atoms with Gasteiger partial charge in [0, 0.05) is 0 Å². The van der Waals surface area contributed by atoms with Crippen LogP contribution in [0.25, 0.3) is 11.1 Å². The molecule has 0 aliphatic rings. The molecule has 3 nitrogen and oxygen atoms in total. The zero-order chi connectivity index (χ0) is 14.0. The maximum atomic E-state index is 13.7. The van der Waals surface area contributed by atoms with Gasteiger partial charge in [-0.2, -0.15) is 0 Å². The summed E-state index contributed by atoms with van der Waals surface area (Å²) in [5, 5.41) is 9.26. The minimum atomic E-state index is -1.02. The molecule has 0 radical (unpaired) electrons. The van der Waals surface area contributed by atoms with Crippen LogP contribution in [-0.4, -0.2) is 18.2 Å². The van der Waals surface area contributed by atoms with Crippen molar-refractivity contribution in [2.24, 2.45) is 0 Å². The van der Waals surface area contributed by atoms with Gasteiger partial charge in [0.1, 0.15) is 0 Å². The number of rotatable bonds is 3. The van der Waals surface area contributed by atoms with Gasteiger partial charge in [-0.3, -0.25) is 0 Å². The fourth-order valence-electron chi connectivity index (χ4n) is 2.03. The highest BCUT2D eigenvalue weighted by atomic mass is 19.1. The number of carbonyl (C=O) groups is 1. The molecule has 0 saturated heterocycles. The molecule has 0 atom stereocenters. The number of ether oxygens (including phenoxy) is 1. The number of aromatic carboxylic acids is 1. The van der Waals surface area contributed by atoms with Gasteiger partial charge in [0.25, 0.3) is 0 Å². The minimum absolute atomic E-state index is 0.133. The summed E-state index contributed by atoms with van der Waals surface area (Å²) in [5.74, 6) is -1.41. The number of hydrogen-bond donors (Lipinski definition) is 1. The van der Waals surface area contributed by atoms with E-state index in [1.807, 2.05) is 0 Å². The molecule has 2 aromatic carbocycles. The zero-order valence-electron chi connectivity index (χ0n) is 10.6. The van der Waals surface area contributed by atoms with Crippen LogP contribution in [0.5, 0.6) is 5.75 Å². The third-order valence-corrected chi connectivity index (χ3v) is 2.95. The van der Waals surface area contributed by atoms with E-state index in [0.717, 1.165) is 0 Å². The van der Waals surface area contributed by atoms with Crippen LogP contribution in [-0.2, 0) is 0 Å². The van der Waals surface area contributed by atoms with E-state index >= 15 is 0 Å². The second-order valence-corrected chi connectivity index (χ2v) is 4.15. The second-order valence-electron chi connectivity index (χ2n) is 4.15. The average molecular weight is 260 g/mol. The Morgan fingerprint density at radius 3 is 2.58 bits per heavy atom. The standard InChI is InChI=1S/C15H13FO3/c1-9-4-3-5-11(14(9)15(17)18)10-6-7-13(19-2)12(16)8-10/h3-8H,1-2H3,(H,17,18). The summed E-state index contributed by atoms with van der Waals surface area (Å²) >= 11 is 0. The Balaban J connectivity index is 2.62. The van der Waals surface area contributed by atoms with E-state index in [4.69, 9.17) is 4.74 Å². The average Bonchev–Trinajstić information content (AvgIpc) is 2.37. The number of benzene rings is 2. The van der Waals surface area contributed by atoms with Gasteiger partial charge in [-0.25, -0.2) is 9.18 Å². The minimum Gasteiger partial charge on any atom is -0.494 e. The Hall–Kier alpha value is -2.36. The van der Waals surface area contributed by atoms with Crippen molar-refractivity contribution in [3.05, 3.63) is 53.3 Å². The molecule has 0 bridgehead atoms. The van der Waals surface area contributed by atoms with Crippen molar-refractivity contribution >= 4 is 5.97 Å². The fraction of sp³-hybridized carbons (Fsp3) is 0.133. The van der Waals surface area contributed by atoms with Crippen LogP contribution < -0.4 is 4.74 Å². The second kappa shape index (κ2) is 5.10. The first kappa shape index (κ1) is 13.1. The van der Waals surface area contributed by atoms with Crippen molar-refractivity contribution in [1.82, 2.24) is 0 Å². The third kappa shape index (κ3) is 2.42. The highest BCUT2D eigenvalue weighted by molar-refractivity contribution is 5.97. The number of halogens is 1. The maximum absolute atomic E-state index is 13.7. The van der Waals surface area contributed by atoms with Gasteiger partial charge in [-0.1, -0.05) is 24.3 Å². The summed E-state index contributed by atoms with van der Waals surface area (Å²) in [5.41, 5.74) is 1.83. The van der Waals surface area contributed by atoms with Crippen LogP contribution in [0.2, 0.25) is 0 Å². The van der Waals surface area contributed by atoms with E-state index in [9.17, 15) is 14.3 Å². The van der Waals surface area contributed by atoms with E-state index in [1.54, 1.807) is 31.2 Å². The number of methoxy groups -OCH3 is 1. The van der Waals surface area contributed by atoms with Crippen LogP contribution in [0.4, 0.5) is 4.39 Å². The summed E-state index contributed by atoms with van der Waals surface area (Å²) in [6.45, 7) is 1.72. The van der Waals surface area contributed by atoms with Crippen LogP contribution in [0, 0.1) is 12.7 Å². The van der Waals surface area contributed by atoms with Crippen LogP contribution in [0.3, 0.4) is 0 Å². The molecule has 98 valence electrons. The number of carboxylic acids is 1. The summed E-state index contributed by atoms with van der Waals surface area (Å²) in [7, 11) is 1.38. The van der Waals surface area contributed by atoms with Gasteiger partial charge in [-0.05, 0) is 35.7 Å². The van der Waals surface area contributed by atoms with Crippen molar-refractivity contribution in [2.75, 3.05) is 7.11 Å². The van der Waals surface area contributed by atoms with Gasteiger partial charge in [-0.15, -0.1) is 0 Å². The molecule has 19 heavy (non-hydrogen) atoms. The molecule has 2 aromatic rings. The summed E-state index contributed by atoms with van der Waals surface area (Å²) in [6.07, 6.45) is 0. The molecule has 0 saturated carbocycles. The highest BCUT2D eigenvalue weighted by Gasteiger charge is 2.15. The fourth-order valence-corrected chi connectivity index (χ4v) is 2.03. The highest BCUT2D eigenvalue weighted by Crippen LogP contribution is 2.29. The summed E-state index contributed by atoms with van der Waals surface area (Å²) < 4.78 is 18.5. The molecule has 0 heterocycles. The van der Waals surface area contributed by atoms with Crippen molar-refractivity contribution in [1.29, 1.82) is 0 Å². The lowest BCUT2D eigenvalue weighted by Crippen LogP contribution is -2.02. The third-order valence-electron chi connectivity index (χ3n) is 2.95. The van der Waals surface area contributed by atoms with E-state index < -0.39 is 11.8 Å². The molecule has 4 heteroatoms. The molecular formula is C15H13FO3. The molecule has 2 rings (SSSR count). The van der Waals surface area contributed by atoms with E-state index in [0.29, 0.717) is 16.7 Å². The normalized spacial score (nSPS) is 10.3. The molecule has 0 spiro atoms. The first-order chi connectivity index (χ1) is 9.04. The largest absolute Gasteiger partial charge is 0.494 e. The van der Waals surface area contributed by atoms with Gasteiger partial charge in [0.15, 0.2) is 11.6 Å².